The zero-order chi connectivity index (χ0) is 20.2. The third kappa shape index (κ3) is 10.5. The molecular formula is C22H45FN2O. The largest absolute Gasteiger partial charge is 0.351 e. The van der Waals surface area contributed by atoms with Crippen LogP contribution >= 0.6 is 0 Å². The van der Waals surface area contributed by atoms with Gasteiger partial charge in [-0.25, -0.2) is 0 Å². The molecule has 0 radical (unpaired) electrons. The summed E-state index contributed by atoms with van der Waals surface area (Å²) in [4.78, 5) is 12.7. The zero-order valence-corrected chi connectivity index (χ0v) is 18.5. The maximum absolute atomic E-state index is 12.8. The molecule has 0 aromatic heterocycles. The lowest BCUT2D eigenvalue weighted by Gasteiger charge is -2.39. The molecule has 0 heterocycles. The maximum Gasteiger partial charge on any atom is 0.223 e. The van der Waals surface area contributed by atoms with Gasteiger partial charge >= 0.3 is 0 Å². The van der Waals surface area contributed by atoms with Gasteiger partial charge in [0.05, 0.1) is 0 Å². The Morgan fingerprint density at radius 1 is 0.962 bits per heavy atom. The monoisotopic (exact) mass is 372 g/mol. The van der Waals surface area contributed by atoms with Crippen molar-refractivity contribution in [3.63, 3.8) is 0 Å². The molecule has 0 saturated heterocycles. The quantitative estimate of drug-likeness (QED) is 0.260. The molecule has 0 saturated carbocycles. The van der Waals surface area contributed by atoms with Crippen molar-refractivity contribution in [1.82, 2.24) is 10.9 Å². The molecule has 0 rings (SSSR count). The van der Waals surface area contributed by atoms with Crippen LogP contribution in [0.3, 0.4) is 0 Å². The van der Waals surface area contributed by atoms with Crippen molar-refractivity contribution in [1.29, 1.82) is 0 Å². The van der Waals surface area contributed by atoms with Gasteiger partial charge in [0.15, 0.2) is 0 Å². The molecule has 0 aliphatic rings. The Balaban J connectivity index is 4.37. The zero-order valence-electron chi connectivity index (χ0n) is 18.5. The minimum atomic E-state index is -0.348. The van der Waals surface area contributed by atoms with Crippen LogP contribution in [0.1, 0.15) is 113 Å². The lowest BCUT2D eigenvalue weighted by atomic mass is 9.75. The topological polar surface area (TPSA) is 41.1 Å². The highest BCUT2D eigenvalue weighted by Gasteiger charge is 2.35. The first-order chi connectivity index (χ1) is 12.1. The van der Waals surface area contributed by atoms with Crippen LogP contribution in [0.2, 0.25) is 0 Å². The maximum atomic E-state index is 12.8. The smallest absolute Gasteiger partial charge is 0.223 e. The third-order valence-corrected chi connectivity index (χ3v) is 5.71. The van der Waals surface area contributed by atoms with E-state index in [1.165, 1.54) is 38.5 Å². The summed E-state index contributed by atoms with van der Waals surface area (Å²) in [5, 5.41) is 3.22. The summed E-state index contributed by atoms with van der Waals surface area (Å²) < 4.78 is 12.8. The average molecular weight is 373 g/mol. The standard InChI is InChI=1S/C22H45FN2O/c1-8-10-11-12-13-14-15-16-19(9-2)20(26)24-22(6,7)17-21(4,5)18(3)25-23/h18-19,25H,8-17H2,1-7H3,(H,24,26). The van der Waals surface area contributed by atoms with Crippen LogP contribution in [0.15, 0.2) is 0 Å². The van der Waals surface area contributed by atoms with Crippen molar-refractivity contribution in [3.05, 3.63) is 0 Å². The van der Waals surface area contributed by atoms with E-state index in [2.05, 4.69) is 19.2 Å². The van der Waals surface area contributed by atoms with E-state index in [1.54, 1.807) is 0 Å². The highest BCUT2D eigenvalue weighted by atomic mass is 19.2. The molecular weight excluding hydrogens is 327 g/mol. The van der Waals surface area contributed by atoms with Gasteiger partial charge in [-0.3, -0.25) is 4.79 Å². The second kappa shape index (κ2) is 12.7. The van der Waals surface area contributed by atoms with E-state index >= 15 is 0 Å². The highest BCUT2D eigenvalue weighted by Crippen LogP contribution is 2.32. The van der Waals surface area contributed by atoms with Crippen molar-refractivity contribution in [2.75, 3.05) is 0 Å². The second-order valence-electron chi connectivity index (χ2n) is 9.38. The van der Waals surface area contributed by atoms with E-state index in [1.807, 2.05) is 40.2 Å². The lowest BCUT2D eigenvalue weighted by molar-refractivity contribution is -0.127. The van der Waals surface area contributed by atoms with Crippen molar-refractivity contribution in [2.45, 2.75) is 124 Å². The SMILES string of the molecule is CCCCCCCCCC(CC)C(=O)NC(C)(C)CC(C)(C)C(C)NF. The molecule has 1 amide bonds. The van der Waals surface area contributed by atoms with Crippen LogP contribution in [-0.2, 0) is 4.79 Å². The average Bonchev–Trinajstić information content (AvgIpc) is 2.54. The summed E-state index contributed by atoms with van der Waals surface area (Å²) in [5.74, 6) is 0.241. The number of unbranched alkanes of at least 4 members (excludes halogenated alkanes) is 6. The predicted octanol–water partition coefficient (Wildman–Crippen LogP) is 6.33. The van der Waals surface area contributed by atoms with Crippen molar-refractivity contribution in [3.8, 4) is 0 Å². The number of hydrogen-bond acceptors (Lipinski definition) is 2. The summed E-state index contributed by atoms with van der Waals surface area (Å²) in [6, 6.07) is -0.256. The Kier molecular flexibility index (Phi) is 12.4. The number of carbonyl (C=O) groups excluding carboxylic acids is 1. The van der Waals surface area contributed by atoms with Gasteiger partial charge in [0, 0.05) is 17.5 Å². The molecule has 4 heteroatoms. The molecule has 0 aliphatic carbocycles. The fraction of sp³-hybridized carbons (Fsp3) is 0.955. The van der Waals surface area contributed by atoms with Crippen molar-refractivity contribution in [2.24, 2.45) is 11.3 Å². The summed E-state index contributed by atoms with van der Waals surface area (Å²) in [7, 11) is 0. The molecule has 0 spiro atoms. The number of nitrogens with one attached hydrogen (secondary N) is 2. The molecule has 2 unspecified atom stereocenters. The Morgan fingerprint density at radius 2 is 1.50 bits per heavy atom. The molecule has 2 N–H and O–H groups in total. The molecule has 0 fully saturated rings. The summed E-state index contributed by atoms with van der Waals surface area (Å²) in [6.07, 6.45) is 11.5. The van der Waals surface area contributed by atoms with Crippen LogP contribution < -0.4 is 10.9 Å². The first-order valence-corrected chi connectivity index (χ1v) is 10.8. The number of halogens is 1. The van der Waals surface area contributed by atoms with Crippen LogP contribution in [-0.4, -0.2) is 17.5 Å². The fourth-order valence-electron chi connectivity index (χ4n) is 3.79. The summed E-state index contributed by atoms with van der Waals surface area (Å²) >= 11 is 0. The van der Waals surface area contributed by atoms with Crippen molar-refractivity contribution < 1.29 is 9.28 Å². The minimum Gasteiger partial charge on any atom is -0.351 e. The number of hydrogen-bond donors (Lipinski definition) is 2. The van der Waals surface area contributed by atoms with Gasteiger partial charge in [-0.2, -0.15) is 5.54 Å². The van der Waals surface area contributed by atoms with Gasteiger partial charge < -0.3 is 5.32 Å². The van der Waals surface area contributed by atoms with E-state index in [9.17, 15) is 9.28 Å². The Labute approximate surface area is 162 Å². The molecule has 3 nitrogen and oxygen atoms in total. The van der Waals surface area contributed by atoms with E-state index in [4.69, 9.17) is 0 Å². The molecule has 2 atom stereocenters. The number of rotatable bonds is 15. The Morgan fingerprint density at radius 3 is 2.00 bits per heavy atom. The molecule has 0 bridgehead atoms. The molecule has 156 valence electrons. The van der Waals surface area contributed by atoms with Crippen molar-refractivity contribution >= 4 is 5.91 Å². The highest BCUT2D eigenvalue weighted by molar-refractivity contribution is 5.79. The van der Waals surface area contributed by atoms with E-state index in [-0.39, 0.29) is 28.8 Å². The fourth-order valence-corrected chi connectivity index (χ4v) is 3.79. The van der Waals surface area contributed by atoms with E-state index in [0.29, 0.717) is 0 Å². The van der Waals surface area contributed by atoms with Gasteiger partial charge in [-0.1, -0.05) is 72.6 Å². The molecule has 0 aromatic rings. The Bertz CT molecular complexity index is 382. The van der Waals surface area contributed by atoms with Gasteiger partial charge in [0.25, 0.3) is 0 Å². The first-order valence-electron chi connectivity index (χ1n) is 10.8. The van der Waals surface area contributed by atoms with E-state index < -0.39 is 0 Å². The normalized spacial score (nSPS) is 14.9. The molecule has 26 heavy (non-hydrogen) atoms. The number of amides is 1. The molecule has 0 aliphatic heterocycles. The van der Waals surface area contributed by atoms with Crippen LogP contribution in [0.4, 0.5) is 4.48 Å². The minimum absolute atomic E-state index is 0.0877. The van der Waals surface area contributed by atoms with Crippen LogP contribution in [0.5, 0.6) is 0 Å². The van der Waals surface area contributed by atoms with E-state index in [0.717, 1.165) is 25.7 Å². The van der Waals surface area contributed by atoms with Gasteiger partial charge in [0.1, 0.15) is 0 Å². The first kappa shape index (κ1) is 25.4. The van der Waals surface area contributed by atoms with Gasteiger partial charge in [0.2, 0.25) is 5.91 Å². The summed E-state index contributed by atoms with van der Waals surface area (Å²) in [5.41, 5.74) is 1.26. The van der Waals surface area contributed by atoms with Crippen LogP contribution in [0, 0.1) is 11.3 Å². The van der Waals surface area contributed by atoms with Crippen LogP contribution in [0.25, 0.3) is 0 Å². The molecule has 0 aromatic carbocycles. The van der Waals surface area contributed by atoms with Gasteiger partial charge in [-0.05, 0) is 45.4 Å². The summed E-state index contributed by atoms with van der Waals surface area (Å²) in [6.45, 7) is 14.3. The number of carbonyl (C=O) groups is 1. The van der Waals surface area contributed by atoms with Gasteiger partial charge in [-0.15, -0.1) is 4.48 Å². The lowest BCUT2D eigenvalue weighted by Crippen LogP contribution is -2.51. The third-order valence-electron chi connectivity index (χ3n) is 5.71. The second-order valence-corrected chi connectivity index (χ2v) is 9.38. The predicted molar refractivity (Wildman–Crippen MR) is 111 cm³/mol. The Hall–Kier alpha value is -0.640.